The Labute approximate surface area is 89.3 Å². The Kier molecular flexibility index (Phi) is 2.85. The molecule has 0 N–H and O–H groups in total. The predicted molar refractivity (Wildman–Crippen MR) is 57.4 cm³/mol. The number of rotatable bonds is 3. The summed E-state index contributed by atoms with van der Waals surface area (Å²) >= 11 is 0. The van der Waals surface area contributed by atoms with E-state index in [1.165, 1.54) is 12.1 Å². The Hall–Kier alpha value is -1.18. The van der Waals surface area contributed by atoms with Crippen molar-refractivity contribution in [1.29, 1.82) is 0 Å². The second-order valence-electron chi connectivity index (χ2n) is 4.21. The number of carbonyl (C=O) groups is 1. The van der Waals surface area contributed by atoms with Gasteiger partial charge < -0.3 is 0 Å². The Bertz CT molecular complexity index is 384. The summed E-state index contributed by atoms with van der Waals surface area (Å²) in [6.07, 6.45) is 3.92. The van der Waals surface area contributed by atoms with E-state index < -0.39 is 0 Å². The molecule has 0 saturated carbocycles. The summed E-state index contributed by atoms with van der Waals surface area (Å²) in [6, 6.07) is 4.56. The molecule has 80 valence electrons. The maximum atomic E-state index is 13.0. The molecule has 0 saturated heterocycles. The lowest BCUT2D eigenvalue weighted by Gasteiger charge is -2.05. The van der Waals surface area contributed by atoms with Crippen LogP contribution < -0.4 is 0 Å². The summed E-state index contributed by atoms with van der Waals surface area (Å²) in [7, 11) is 0. The van der Waals surface area contributed by atoms with Crippen molar-refractivity contribution in [1.82, 2.24) is 0 Å². The zero-order chi connectivity index (χ0) is 10.8. The number of Topliss-reactive ketones (excluding diaryl/α,β-unsaturated/α-hetero) is 1. The van der Waals surface area contributed by atoms with Gasteiger partial charge >= 0.3 is 0 Å². The van der Waals surface area contributed by atoms with Crippen LogP contribution in [0.4, 0.5) is 4.39 Å². The largest absolute Gasteiger partial charge is 0.294 e. The minimum Gasteiger partial charge on any atom is -0.294 e. The quantitative estimate of drug-likeness (QED) is 0.741. The van der Waals surface area contributed by atoms with Gasteiger partial charge in [-0.05, 0) is 30.5 Å². The van der Waals surface area contributed by atoms with Gasteiger partial charge in [0.1, 0.15) is 5.82 Å². The molecule has 1 aromatic carbocycles. The number of benzene rings is 1. The van der Waals surface area contributed by atoms with Gasteiger partial charge in [0.25, 0.3) is 0 Å². The molecule has 0 amide bonds. The molecule has 1 aliphatic rings. The predicted octanol–water partition coefficient (Wildman–Crippen LogP) is 3.37. The molecule has 2 heteroatoms. The van der Waals surface area contributed by atoms with E-state index in [9.17, 15) is 9.18 Å². The molecule has 1 aromatic rings. The first-order chi connectivity index (χ1) is 7.22. The first kappa shape index (κ1) is 10.3. The molecule has 0 aromatic heterocycles. The zero-order valence-corrected chi connectivity index (χ0v) is 8.92. The fourth-order valence-corrected chi connectivity index (χ4v) is 2.22. The van der Waals surface area contributed by atoms with Gasteiger partial charge in [-0.15, -0.1) is 0 Å². The number of ketones is 1. The van der Waals surface area contributed by atoms with Crippen LogP contribution in [0.3, 0.4) is 0 Å². The van der Waals surface area contributed by atoms with Crippen LogP contribution in [0.1, 0.15) is 42.1 Å². The molecule has 1 aliphatic carbocycles. The molecule has 2 rings (SSSR count). The van der Waals surface area contributed by atoms with Crippen LogP contribution in [-0.2, 0) is 6.42 Å². The average Bonchev–Trinajstić information content (AvgIpc) is 2.53. The fraction of sp³-hybridized carbons (Fsp3) is 0.462. The molecular formula is C13H15FO. The van der Waals surface area contributed by atoms with E-state index in [1.807, 2.05) is 0 Å². The maximum absolute atomic E-state index is 13.0. The Morgan fingerprint density at radius 3 is 3.00 bits per heavy atom. The fourth-order valence-electron chi connectivity index (χ4n) is 2.22. The highest BCUT2D eigenvalue weighted by Gasteiger charge is 2.29. The van der Waals surface area contributed by atoms with Crippen molar-refractivity contribution in [2.24, 2.45) is 5.92 Å². The standard InChI is InChI=1S/C13H15FO/c1-2-3-4-10-7-9-5-6-11(14)8-12(9)13(10)15/h5-6,8,10H,2-4,7H2,1H3. The van der Waals surface area contributed by atoms with Gasteiger partial charge in [-0.25, -0.2) is 4.39 Å². The number of unbranched alkanes of at least 4 members (excludes halogenated alkanes) is 1. The SMILES string of the molecule is CCCCC1Cc2ccc(F)cc2C1=O. The number of hydrogen-bond acceptors (Lipinski definition) is 1. The third-order valence-corrected chi connectivity index (χ3v) is 3.08. The lowest BCUT2D eigenvalue weighted by Crippen LogP contribution is -2.08. The van der Waals surface area contributed by atoms with E-state index in [0.29, 0.717) is 5.56 Å². The van der Waals surface area contributed by atoms with E-state index in [2.05, 4.69) is 6.92 Å². The normalized spacial score (nSPS) is 19.3. The van der Waals surface area contributed by atoms with Gasteiger partial charge in [-0.1, -0.05) is 25.8 Å². The van der Waals surface area contributed by atoms with Crippen LogP contribution in [-0.4, -0.2) is 5.78 Å². The summed E-state index contributed by atoms with van der Waals surface area (Å²) in [5.74, 6) is -0.0714. The molecule has 0 aliphatic heterocycles. The molecule has 1 nitrogen and oxygen atoms in total. The second kappa shape index (κ2) is 4.13. The number of hydrogen-bond donors (Lipinski definition) is 0. The smallest absolute Gasteiger partial charge is 0.166 e. The summed E-state index contributed by atoms with van der Waals surface area (Å²) < 4.78 is 13.0. The molecule has 1 atom stereocenters. The van der Waals surface area contributed by atoms with Crippen molar-refractivity contribution in [2.75, 3.05) is 0 Å². The van der Waals surface area contributed by atoms with E-state index in [-0.39, 0.29) is 17.5 Å². The summed E-state index contributed by atoms with van der Waals surface area (Å²) in [6.45, 7) is 2.12. The van der Waals surface area contributed by atoms with Gasteiger partial charge in [0, 0.05) is 11.5 Å². The summed E-state index contributed by atoms with van der Waals surface area (Å²) in [5, 5.41) is 0. The molecule has 0 heterocycles. The van der Waals surface area contributed by atoms with E-state index in [0.717, 1.165) is 31.2 Å². The van der Waals surface area contributed by atoms with Crippen molar-refractivity contribution in [3.63, 3.8) is 0 Å². The second-order valence-corrected chi connectivity index (χ2v) is 4.21. The summed E-state index contributed by atoms with van der Waals surface area (Å²) in [4.78, 5) is 11.9. The molecule has 0 radical (unpaired) electrons. The Morgan fingerprint density at radius 2 is 2.27 bits per heavy atom. The van der Waals surface area contributed by atoms with Crippen LogP contribution in [0, 0.1) is 11.7 Å². The highest BCUT2D eigenvalue weighted by molar-refractivity contribution is 6.02. The van der Waals surface area contributed by atoms with Crippen LogP contribution in [0.5, 0.6) is 0 Å². The summed E-state index contributed by atoms with van der Waals surface area (Å²) in [5.41, 5.74) is 1.62. The lowest BCUT2D eigenvalue weighted by molar-refractivity contribution is 0.0929. The van der Waals surface area contributed by atoms with Crippen LogP contribution >= 0.6 is 0 Å². The molecule has 0 bridgehead atoms. The third kappa shape index (κ3) is 1.94. The molecule has 1 unspecified atom stereocenters. The molecule has 0 fully saturated rings. The van der Waals surface area contributed by atoms with Crippen molar-refractivity contribution in [3.05, 3.63) is 35.1 Å². The Balaban J connectivity index is 2.18. The van der Waals surface area contributed by atoms with Crippen LogP contribution in [0.25, 0.3) is 0 Å². The van der Waals surface area contributed by atoms with Gasteiger partial charge in [0.15, 0.2) is 5.78 Å². The lowest BCUT2D eigenvalue weighted by atomic mass is 9.98. The van der Waals surface area contributed by atoms with Gasteiger partial charge in [-0.3, -0.25) is 4.79 Å². The molecule has 15 heavy (non-hydrogen) atoms. The Morgan fingerprint density at radius 1 is 1.47 bits per heavy atom. The van der Waals surface area contributed by atoms with Gasteiger partial charge in [0.05, 0.1) is 0 Å². The average molecular weight is 206 g/mol. The van der Waals surface area contributed by atoms with Crippen LogP contribution in [0.15, 0.2) is 18.2 Å². The van der Waals surface area contributed by atoms with E-state index in [4.69, 9.17) is 0 Å². The zero-order valence-electron chi connectivity index (χ0n) is 8.92. The number of carbonyl (C=O) groups excluding carboxylic acids is 1. The number of halogens is 1. The van der Waals surface area contributed by atoms with Crippen molar-refractivity contribution in [2.45, 2.75) is 32.6 Å². The van der Waals surface area contributed by atoms with E-state index >= 15 is 0 Å². The van der Waals surface area contributed by atoms with Crippen molar-refractivity contribution in [3.8, 4) is 0 Å². The van der Waals surface area contributed by atoms with Gasteiger partial charge in [0.2, 0.25) is 0 Å². The highest BCUT2D eigenvalue weighted by Crippen LogP contribution is 2.30. The number of fused-ring (bicyclic) bond motifs is 1. The van der Waals surface area contributed by atoms with Crippen LogP contribution in [0.2, 0.25) is 0 Å². The first-order valence-corrected chi connectivity index (χ1v) is 5.55. The molecular weight excluding hydrogens is 191 g/mol. The van der Waals surface area contributed by atoms with Crippen molar-refractivity contribution >= 4 is 5.78 Å². The third-order valence-electron chi connectivity index (χ3n) is 3.08. The highest BCUT2D eigenvalue weighted by atomic mass is 19.1. The molecule has 0 spiro atoms. The minimum absolute atomic E-state index is 0.0988. The first-order valence-electron chi connectivity index (χ1n) is 5.55. The minimum atomic E-state index is -0.307. The van der Waals surface area contributed by atoms with E-state index in [1.54, 1.807) is 6.07 Å². The maximum Gasteiger partial charge on any atom is 0.166 e. The van der Waals surface area contributed by atoms with Gasteiger partial charge in [-0.2, -0.15) is 0 Å². The topological polar surface area (TPSA) is 17.1 Å². The monoisotopic (exact) mass is 206 g/mol. The van der Waals surface area contributed by atoms with Crippen molar-refractivity contribution < 1.29 is 9.18 Å².